The summed E-state index contributed by atoms with van der Waals surface area (Å²) in [5.74, 6) is 1.57. The Balaban J connectivity index is 1.36. The minimum atomic E-state index is 0.769. The molecule has 4 heteroatoms. The van der Waals surface area contributed by atoms with E-state index < -0.39 is 0 Å². The third-order valence-corrected chi connectivity index (χ3v) is 7.24. The summed E-state index contributed by atoms with van der Waals surface area (Å²) in [6.45, 7) is 0. The van der Waals surface area contributed by atoms with Gasteiger partial charge < -0.3 is 4.74 Å². The minimum Gasteiger partial charge on any atom is -0.457 e. The molecular weight excluding hydrogens is 466 g/mol. The Morgan fingerprint density at radius 2 is 1.37 bits per heavy atom. The number of para-hydroxylation sites is 3. The van der Waals surface area contributed by atoms with Gasteiger partial charge in [-0.25, -0.2) is 4.98 Å². The Labute approximate surface area is 218 Å². The molecule has 0 fully saturated rings. The zero-order valence-corrected chi connectivity index (χ0v) is 20.4. The first kappa shape index (κ1) is 20.9. The number of ether oxygens (including phenoxy) is 1. The zero-order chi connectivity index (χ0) is 25.1. The molecule has 0 spiro atoms. The van der Waals surface area contributed by atoms with Crippen LogP contribution in [0.15, 0.2) is 128 Å². The van der Waals surface area contributed by atoms with Crippen LogP contribution in [0, 0.1) is 0 Å². The summed E-state index contributed by atoms with van der Waals surface area (Å²) >= 11 is 0. The lowest BCUT2D eigenvalue weighted by atomic mass is 10.0. The van der Waals surface area contributed by atoms with E-state index in [1.165, 1.54) is 5.39 Å². The van der Waals surface area contributed by atoms with E-state index in [4.69, 9.17) is 9.72 Å². The largest absolute Gasteiger partial charge is 0.457 e. The van der Waals surface area contributed by atoms with Crippen LogP contribution >= 0.6 is 0 Å². The molecule has 5 aromatic carbocycles. The van der Waals surface area contributed by atoms with E-state index in [1.54, 1.807) is 0 Å². The van der Waals surface area contributed by atoms with Crippen molar-refractivity contribution in [3.63, 3.8) is 0 Å². The number of benzene rings is 5. The third-order valence-electron chi connectivity index (χ3n) is 7.24. The van der Waals surface area contributed by atoms with Gasteiger partial charge in [0.15, 0.2) is 0 Å². The van der Waals surface area contributed by atoms with Gasteiger partial charge in [0.25, 0.3) is 0 Å². The van der Waals surface area contributed by atoms with Crippen molar-refractivity contribution >= 4 is 49.1 Å². The van der Waals surface area contributed by atoms with E-state index in [0.29, 0.717) is 0 Å². The molecule has 0 aliphatic rings. The van der Waals surface area contributed by atoms with E-state index in [-0.39, 0.29) is 0 Å². The lowest BCUT2D eigenvalue weighted by molar-refractivity contribution is 0.489. The minimum absolute atomic E-state index is 0.769. The van der Waals surface area contributed by atoms with Crippen LogP contribution < -0.4 is 4.74 Å². The number of rotatable bonds is 3. The van der Waals surface area contributed by atoms with E-state index >= 15 is 0 Å². The Morgan fingerprint density at radius 3 is 2.26 bits per heavy atom. The summed E-state index contributed by atoms with van der Waals surface area (Å²) in [5, 5.41) is 5.57. The molecule has 0 atom stereocenters. The third kappa shape index (κ3) is 3.17. The summed E-state index contributed by atoms with van der Waals surface area (Å²) in [6, 6.07) is 41.6. The van der Waals surface area contributed by atoms with Crippen LogP contribution in [0.2, 0.25) is 0 Å². The zero-order valence-electron chi connectivity index (χ0n) is 20.4. The Morgan fingerprint density at radius 1 is 0.579 bits per heavy atom. The Bertz CT molecular complexity index is 2160. The number of imidazole rings is 1. The highest BCUT2D eigenvalue weighted by molar-refractivity contribution is 6.14. The second-order valence-electron chi connectivity index (χ2n) is 9.50. The number of hydrogen-bond donors (Lipinski definition) is 0. The number of pyridine rings is 2. The molecule has 8 rings (SSSR count). The van der Waals surface area contributed by atoms with Crippen molar-refractivity contribution < 1.29 is 4.74 Å². The van der Waals surface area contributed by atoms with E-state index in [9.17, 15) is 0 Å². The van der Waals surface area contributed by atoms with Crippen LogP contribution in [-0.2, 0) is 0 Å². The molecule has 178 valence electrons. The Hall–Kier alpha value is -5.22. The van der Waals surface area contributed by atoms with E-state index in [0.717, 1.165) is 66.5 Å². The highest BCUT2D eigenvalue weighted by Gasteiger charge is 2.15. The molecule has 0 saturated carbocycles. The van der Waals surface area contributed by atoms with Gasteiger partial charge in [-0.05, 0) is 71.4 Å². The van der Waals surface area contributed by atoms with Crippen molar-refractivity contribution in [3.8, 4) is 22.8 Å². The first-order valence-electron chi connectivity index (χ1n) is 12.7. The highest BCUT2D eigenvalue weighted by atomic mass is 16.5. The van der Waals surface area contributed by atoms with Crippen LogP contribution in [0.5, 0.6) is 11.5 Å². The monoisotopic (exact) mass is 487 g/mol. The molecular formula is C34H21N3O. The first-order chi connectivity index (χ1) is 18.8. The smallest absolute Gasteiger partial charge is 0.146 e. The molecule has 4 nitrogen and oxygen atoms in total. The van der Waals surface area contributed by atoms with Crippen molar-refractivity contribution in [1.29, 1.82) is 0 Å². The van der Waals surface area contributed by atoms with Crippen molar-refractivity contribution in [1.82, 2.24) is 14.4 Å². The molecule has 0 amide bonds. The van der Waals surface area contributed by atoms with Gasteiger partial charge in [0.1, 0.15) is 17.1 Å². The molecule has 0 radical (unpaired) electrons. The van der Waals surface area contributed by atoms with Crippen LogP contribution in [0.25, 0.3) is 60.4 Å². The van der Waals surface area contributed by atoms with Gasteiger partial charge in [0.2, 0.25) is 0 Å². The number of nitrogens with zero attached hydrogens (tertiary/aromatic N) is 3. The van der Waals surface area contributed by atoms with Crippen molar-refractivity contribution in [3.05, 3.63) is 128 Å². The van der Waals surface area contributed by atoms with Crippen molar-refractivity contribution in [2.75, 3.05) is 0 Å². The topological polar surface area (TPSA) is 39.4 Å². The maximum Gasteiger partial charge on any atom is 0.146 e. The molecule has 38 heavy (non-hydrogen) atoms. The van der Waals surface area contributed by atoms with Crippen LogP contribution in [0.4, 0.5) is 0 Å². The fourth-order valence-electron chi connectivity index (χ4n) is 5.52. The SMILES string of the molecule is c1ccc(-c2cc(Oc3ccc4c5ccccc5n5c6ccccc6nc5c4c3)c3ccccc3c2)nc1. The number of fused-ring (bicyclic) bond motifs is 9. The molecule has 0 unspecified atom stereocenters. The lowest BCUT2D eigenvalue weighted by Gasteiger charge is -2.14. The number of hydrogen-bond acceptors (Lipinski definition) is 3. The molecule has 0 aliphatic heterocycles. The normalized spacial score (nSPS) is 11.7. The molecule has 3 aromatic heterocycles. The predicted octanol–water partition coefficient (Wildman–Crippen LogP) is 8.80. The second-order valence-corrected chi connectivity index (χ2v) is 9.50. The Kier molecular flexibility index (Phi) is 4.49. The first-order valence-corrected chi connectivity index (χ1v) is 12.7. The van der Waals surface area contributed by atoms with Crippen molar-refractivity contribution in [2.45, 2.75) is 0 Å². The van der Waals surface area contributed by atoms with Gasteiger partial charge in [0, 0.05) is 27.9 Å². The summed E-state index contributed by atoms with van der Waals surface area (Å²) in [5.41, 5.74) is 6.09. The van der Waals surface area contributed by atoms with E-state index in [2.05, 4.69) is 100 Å². The van der Waals surface area contributed by atoms with Crippen molar-refractivity contribution in [2.24, 2.45) is 0 Å². The fraction of sp³-hybridized carbons (Fsp3) is 0. The number of aromatic nitrogens is 3. The molecule has 0 aliphatic carbocycles. The lowest BCUT2D eigenvalue weighted by Crippen LogP contribution is -1.93. The van der Waals surface area contributed by atoms with Gasteiger partial charge >= 0.3 is 0 Å². The fourth-order valence-corrected chi connectivity index (χ4v) is 5.52. The predicted molar refractivity (Wildman–Crippen MR) is 155 cm³/mol. The molecule has 0 N–H and O–H groups in total. The van der Waals surface area contributed by atoms with Gasteiger partial charge in [0.05, 0.1) is 22.2 Å². The molecule has 3 heterocycles. The van der Waals surface area contributed by atoms with E-state index in [1.807, 2.05) is 36.5 Å². The summed E-state index contributed by atoms with van der Waals surface area (Å²) in [4.78, 5) is 9.61. The summed E-state index contributed by atoms with van der Waals surface area (Å²) in [7, 11) is 0. The molecule has 0 saturated heterocycles. The van der Waals surface area contributed by atoms with Gasteiger partial charge in [-0.3, -0.25) is 9.38 Å². The quantitative estimate of drug-likeness (QED) is 0.234. The van der Waals surface area contributed by atoms with Crippen LogP contribution in [-0.4, -0.2) is 14.4 Å². The molecule has 8 aromatic rings. The average molecular weight is 488 g/mol. The summed E-state index contributed by atoms with van der Waals surface area (Å²) in [6.07, 6.45) is 1.82. The summed E-state index contributed by atoms with van der Waals surface area (Å²) < 4.78 is 8.89. The van der Waals surface area contributed by atoms with Gasteiger partial charge in [-0.1, -0.05) is 60.7 Å². The highest BCUT2D eigenvalue weighted by Crippen LogP contribution is 2.38. The second kappa shape index (κ2) is 8.15. The maximum absolute atomic E-state index is 6.63. The van der Waals surface area contributed by atoms with Gasteiger partial charge in [-0.2, -0.15) is 0 Å². The standard InChI is InChI=1S/C34H21N3O/c1-2-10-25-22(9-1)19-23(29-12-7-8-18-35-29)20-33(25)38-24-16-17-26-27-11-3-5-14-31(27)37-32-15-6-4-13-30(32)36-34(37)28(26)21-24/h1-21H. The maximum atomic E-state index is 6.63. The van der Waals surface area contributed by atoms with Crippen LogP contribution in [0.3, 0.4) is 0 Å². The molecule has 0 bridgehead atoms. The van der Waals surface area contributed by atoms with Gasteiger partial charge in [-0.15, -0.1) is 0 Å². The average Bonchev–Trinajstić information content (AvgIpc) is 3.38. The van der Waals surface area contributed by atoms with Crippen LogP contribution in [0.1, 0.15) is 0 Å².